The largest absolute Gasteiger partial charge is 0.416 e. The second-order valence-electron chi connectivity index (χ2n) is 4.48. The lowest BCUT2D eigenvalue weighted by Crippen LogP contribution is -2.34. The molecule has 1 aromatic carbocycles. The van der Waals surface area contributed by atoms with Crippen molar-refractivity contribution >= 4 is 40.8 Å². The number of hydrogen-bond acceptors (Lipinski definition) is 3. The van der Waals surface area contributed by atoms with Crippen molar-refractivity contribution in [1.82, 2.24) is 10.3 Å². The Morgan fingerprint density at radius 1 is 1.12 bits per heavy atom. The molecule has 2 rings (SSSR count). The molecule has 0 radical (unpaired) electrons. The molecule has 0 atom stereocenters. The first kappa shape index (κ1) is 18.0. The summed E-state index contributed by atoms with van der Waals surface area (Å²) in [6.45, 7) is 0. The van der Waals surface area contributed by atoms with Gasteiger partial charge in [0.1, 0.15) is 5.15 Å². The summed E-state index contributed by atoms with van der Waals surface area (Å²) >= 11 is 11.4. The Morgan fingerprint density at radius 2 is 1.83 bits per heavy atom. The van der Waals surface area contributed by atoms with Crippen LogP contribution >= 0.6 is 23.2 Å². The van der Waals surface area contributed by atoms with Gasteiger partial charge in [-0.15, -0.1) is 0 Å². The summed E-state index contributed by atoms with van der Waals surface area (Å²) in [6.07, 6.45) is -3.34. The number of nitrogens with one attached hydrogen (secondary N) is 2. The van der Waals surface area contributed by atoms with E-state index in [1.807, 2.05) is 5.32 Å². The molecule has 0 saturated heterocycles. The second kappa shape index (κ2) is 7.06. The molecule has 2 aromatic rings. The summed E-state index contributed by atoms with van der Waals surface area (Å²) in [7, 11) is 0. The number of aromatic nitrogens is 1. The van der Waals surface area contributed by atoms with Crippen molar-refractivity contribution in [2.75, 3.05) is 5.32 Å². The first-order chi connectivity index (χ1) is 11.2. The number of amides is 3. The van der Waals surface area contributed by atoms with Crippen LogP contribution in [0.2, 0.25) is 10.2 Å². The molecule has 10 heteroatoms. The van der Waals surface area contributed by atoms with E-state index in [9.17, 15) is 22.8 Å². The van der Waals surface area contributed by atoms with E-state index in [4.69, 9.17) is 23.2 Å². The monoisotopic (exact) mass is 377 g/mol. The molecule has 0 aliphatic carbocycles. The highest BCUT2D eigenvalue weighted by molar-refractivity contribution is 6.35. The van der Waals surface area contributed by atoms with Crippen molar-refractivity contribution in [3.05, 3.63) is 57.8 Å². The maximum Gasteiger partial charge on any atom is 0.416 e. The number of nitrogens with zero attached hydrogens (tertiary/aromatic N) is 1. The molecule has 24 heavy (non-hydrogen) atoms. The van der Waals surface area contributed by atoms with Gasteiger partial charge in [0.05, 0.1) is 16.1 Å². The number of pyridine rings is 1. The van der Waals surface area contributed by atoms with Gasteiger partial charge >= 0.3 is 12.2 Å². The van der Waals surface area contributed by atoms with Crippen LogP contribution in [0.1, 0.15) is 15.9 Å². The molecule has 1 heterocycles. The summed E-state index contributed by atoms with van der Waals surface area (Å²) in [5.74, 6) is -0.903. The fourth-order valence-corrected chi connectivity index (χ4v) is 2.03. The normalized spacial score (nSPS) is 11.0. The lowest BCUT2D eigenvalue weighted by Gasteiger charge is -2.10. The third kappa shape index (κ3) is 4.59. The molecule has 0 aliphatic rings. The molecular weight excluding hydrogens is 370 g/mol. The van der Waals surface area contributed by atoms with Gasteiger partial charge in [0.25, 0.3) is 5.91 Å². The van der Waals surface area contributed by atoms with Crippen LogP contribution in [0.25, 0.3) is 0 Å². The Hall–Kier alpha value is -2.32. The zero-order valence-corrected chi connectivity index (χ0v) is 13.1. The van der Waals surface area contributed by atoms with E-state index in [0.29, 0.717) is 0 Å². The van der Waals surface area contributed by atoms with Crippen molar-refractivity contribution in [3.8, 4) is 0 Å². The topological polar surface area (TPSA) is 71.1 Å². The molecule has 3 amide bonds. The number of benzene rings is 1. The maximum atomic E-state index is 12.6. The number of imide groups is 1. The van der Waals surface area contributed by atoms with Crippen LogP contribution < -0.4 is 10.6 Å². The third-order valence-corrected chi connectivity index (χ3v) is 3.23. The van der Waals surface area contributed by atoms with Gasteiger partial charge in [-0.05, 0) is 24.3 Å². The van der Waals surface area contributed by atoms with E-state index < -0.39 is 23.7 Å². The fraction of sp³-hybridized carbons (Fsp3) is 0.0714. The number of carbonyl (C=O) groups excluding carboxylic acids is 2. The van der Waals surface area contributed by atoms with Crippen molar-refractivity contribution in [1.29, 1.82) is 0 Å². The average molecular weight is 378 g/mol. The summed E-state index contributed by atoms with van der Waals surface area (Å²) in [5, 5.41) is 3.99. The number of alkyl halides is 3. The molecule has 126 valence electrons. The third-order valence-electron chi connectivity index (χ3n) is 2.73. The van der Waals surface area contributed by atoms with Gasteiger partial charge in [0, 0.05) is 11.9 Å². The summed E-state index contributed by atoms with van der Waals surface area (Å²) in [6, 6.07) is 4.12. The van der Waals surface area contributed by atoms with Gasteiger partial charge < -0.3 is 5.32 Å². The van der Waals surface area contributed by atoms with E-state index >= 15 is 0 Å². The molecule has 0 aliphatic heterocycles. The van der Waals surface area contributed by atoms with E-state index in [1.165, 1.54) is 18.3 Å². The van der Waals surface area contributed by atoms with Crippen LogP contribution in [0.3, 0.4) is 0 Å². The number of halogens is 5. The Morgan fingerprint density at radius 3 is 2.50 bits per heavy atom. The van der Waals surface area contributed by atoms with Crippen LogP contribution in [0.4, 0.5) is 23.7 Å². The van der Waals surface area contributed by atoms with Crippen LogP contribution in [0.5, 0.6) is 0 Å². The summed E-state index contributed by atoms with van der Waals surface area (Å²) < 4.78 is 37.8. The van der Waals surface area contributed by atoms with Crippen LogP contribution in [-0.2, 0) is 6.18 Å². The minimum atomic E-state index is -4.55. The highest BCUT2D eigenvalue weighted by Crippen LogP contribution is 2.30. The minimum absolute atomic E-state index is 0.128. The van der Waals surface area contributed by atoms with Crippen molar-refractivity contribution in [3.63, 3.8) is 0 Å². The quantitative estimate of drug-likeness (QED) is 0.763. The molecule has 0 unspecified atom stereocenters. The van der Waals surface area contributed by atoms with Gasteiger partial charge in [0.2, 0.25) is 0 Å². The lowest BCUT2D eigenvalue weighted by atomic mass is 10.2. The lowest BCUT2D eigenvalue weighted by molar-refractivity contribution is -0.137. The van der Waals surface area contributed by atoms with E-state index in [-0.39, 0.29) is 21.4 Å². The van der Waals surface area contributed by atoms with E-state index in [0.717, 1.165) is 18.2 Å². The maximum absolute atomic E-state index is 12.6. The number of anilines is 1. The van der Waals surface area contributed by atoms with Crippen LogP contribution in [0, 0.1) is 0 Å². The predicted molar refractivity (Wildman–Crippen MR) is 82.2 cm³/mol. The molecular formula is C14H8Cl2F3N3O2. The van der Waals surface area contributed by atoms with Crippen LogP contribution in [0.15, 0.2) is 36.5 Å². The van der Waals surface area contributed by atoms with Crippen molar-refractivity contribution < 1.29 is 22.8 Å². The van der Waals surface area contributed by atoms with Gasteiger partial charge in [-0.3, -0.25) is 10.1 Å². The molecule has 0 spiro atoms. The first-order valence-electron chi connectivity index (χ1n) is 6.27. The van der Waals surface area contributed by atoms with Gasteiger partial charge in [0.15, 0.2) is 0 Å². The second-order valence-corrected chi connectivity index (χ2v) is 5.27. The summed E-state index contributed by atoms with van der Waals surface area (Å²) in [4.78, 5) is 27.3. The first-order valence-corrected chi connectivity index (χ1v) is 7.03. The smallest absolute Gasteiger partial charge is 0.308 e. The molecule has 1 aromatic heterocycles. The SMILES string of the molecule is O=C(NC(=O)c1cc(Cl)cnc1Cl)Nc1cccc(C(F)(F)F)c1. The zero-order chi connectivity index (χ0) is 17.9. The standard InChI is InChI=1S/C14H8Cl2F3N3O2/c15-8-5-10(11(16)20-6-8)12(23)22-13(24)21-9-3-1-2-7(4-9)14(17,18)19/h1-6H,(H2,21,22,23,24). The molecule has 5 nitrogen and oxygen atoms in total. The number of urea groups is 1. The van der Waals surface area contributed by atoms with E-state index in [1.54, 1.807) is 0 Å². The fourth-order valence-electron chi connectivity index (χ4n) is 1.69. The molecule has 2 N–H and O–H groups in total. The highest BCUT2D eigenvalue weighted by atomic mass is 35.5. The van der Waals surface area contributed by atoms with Gasteiger partial charge in [-0.2, -0.15) is 13.2 Å². The number of hydrogen-bond donors (Lipinski definition) is 2. The van der Waals surface area contributed by atoms with Gasteiger partial charge in [-0.25, -0.2) is 9.78 Å². The Kier molecular flexibility index (Phi) is 5.30. The van der Waals surface area contributed by atoms with E-state index in [2.05, 4.69) is 10.3 Å². The van der Waals surface area contributed by atoms with Gasteiger partial charge in [-0.1, -0.05) is 29.3 Å². The van der Waals surface area contributed by atoms with Crippen molar-refractivity contribution in [2.24, 2.45) is 0 Å². The Labute approximate surface area is 143 Å². The number of carbonyl (C=O) groups is 2. The zero-order valence-electron chi connectivity index (χ0n) is 11.6. The Balaban J connectivity index is 2.08. The predicted octanol–water partition coefficient (Wildman–Crippen LogP) is 4.37. The number of rotatable bonds is 2. The molecule has 0 fully saturated rings. The summed E-state index contributed by atoms with van der Waals surface area (Å²) in [5.41, 5.74) is -1.22. The highest BCUT2D eigenvalue weighted by Gasteiger charge is 2.30. The molecule has 0 saturated carbocycles. The minimum Gasteiger partial charge on any atom is -0.308 e. The van der Waals surface area contributed by atoms with Crippen molar-refractivity contribution in [2.45, 2.75) is 6.18 Å². The Bertz CT molecular complexity index is 797. The molecule has 0 bridgehead atoms. The van der Waals surface area contributed by atoms with Crippen LogP contribution in [-0.4, -0.2) is 16.9 Å². The average Bonchev–Trinajstić information content (AvgIpc) is 2.49.